The smallest absolute Gasteiger partial charge is 0.0606 e. The number of rotatable bonds is 9. The van der Waals surface area contributed by atoms with Crippen LogP contribution < -0.4 is 0 Å². The molecule has 0 heterocycles. The lowest BCUT2D eigenvalue weighted by molar-refractivity contribution is -0.147. The minimum atomic E-state index is -0.0908. The van der Waals surface area contributed by atoms with Crippen molar-refractivity contribution in [2.45, 2.75) is 59.5 Å². The first kappa shape index (κ1) is 18.2. The first-order valence-electron chi connectivity index (χ1n) is 8.96. The van der Waals surface area contributed by atoms with Gasteiger partial charge in [-0.3, -0.25) is 0 Å². The average molecular weight is 312 g/mol. The highest BCUT2D eigenvalue weighted by atomic mass is 16.5. The minimum Gasteiger partial charge on any atom is -0.384 e. The fraction of sp³-hybridized carbons (Fsp3) is 1.00. The van der Waals surface area contributed by atoms with Crippen LogP contribution in [0.1, 0.15) is 53.4 Å². The lowest BCUT2D eigenvalue weighted by Crippen LogP contribution is -2.52. The van der Waals surface area contributed by atoms with Gasteiger partial charge in [-0.15, -0.1) is 0 Å². The molecule has 0 radical (unpaired) electrons. The van der Waals surface area contributed by atoms with Crippen LogP contribution in [0.15, 0.2) is 0 Å². The fourth-order valence-corrected chi connectivity index (χ4v) is 4.51. The first-order valence-corrected chi connectivity index (χ1v) is 8.96. The highest BCUT2D eigenvalue weighted by Crippen LogP contribution is 2.49. The van der Waals surface area contributed by atoms with Gasteiger partial charge in [0.1, 0.15) is 0 Å². The van der Waals surface area contributed by atoms with Gasteiger partial charge in [-0.25, -0.2) is 0 Å². The maximum Gasteiger partial charge on any atom is 0.0606 e. The van der Waals surface area contributed by atoms with Gasteiger partial charge in [0, 0.05) is 19.6 Å². The monoisotopic (exact) mass is 312 g/mol. The molecule has 0 aliphatic heterocycles. The second kappa shape index (κ2) is 7.19. The van der Waals surface area contributed by atoms with Gasteiger partial charge >= 0.3 is 0 Å². The Hall–Kier alpha value is -0.120. The van der Waals surface area contributed by atoms with E-state index < -0.39 is 0 Å². The van der Waals surface area contributed by atoms with Gasteiger partial charge in [0.25, 0.3) is 0 Å². The van der Waals surface area contributed by atoms with E-state index in [2.05, 4.69) is 27.7 Å². The summed E-state index contributed by atoms with van der Waals surface area (Å²) in [6, 6.07) is 0. The van der Waals surface area contributed by atoms with E-state index in [1.165, 1.54) is 25.7 Å². The zero-order valence-electron chi connectivity index (χ0n) is 15.5. The first-order chi connectivity index (χ1) is 10.4. The maximum atomic E-state index is 6.48. The number of ether oxygens (including phenoxy) is 3. The van der Waals surface area contributed by atoms with Crippen LogP contribution in [0.4, 0.5) is 0 Å². The summed E-state index contributed by atoms with van der Waals surface area (Å²) in [5.41, 5.74) is 0.00311. The van der Waals surface area contributed by atoms with Crippen LogP contribution in [-0.2, 0) is 14.2 Å². The normalized spacial score (nSPS) is 28.8. The molecule has 0 saturated heterocycles. The molecule has 2 bridgehead atoms. The van der Waals surface area contributed by atoms with Crippen LogP contribution >= 0.6 is 0 Å². The molecule has 2 saturated carbocycles. The zero-order chi connectivity index (χ0) is 16.4. The van der Waals surface area contributed by atoms with E-state index in [0.29, 0.717) is 25.2 Å². The number of hydrogen-bond donors (Lipinski definition) is 0. The van der Waals surface area contributed by atoms with Gasteiger partial charge in [-0.1, -0.05) is 27.7 Å². The molecule has 130 valence electrons. The van der Waals surface area contributed by atoms with Crippen LogP contribution in [0.3, 0.4) is 0 Å². The van der Waals surface area contributed by atoms with E-state index in [9.17, 15) is 0 Å². The summed E-state index contributed by atoms with van der Waals surface area (Å²) in [6.45, 7) is 11.4. The maximum absolute atomic E-state index is 6.48. The SMILES string of the molecule is COCC(COC)(COC1CC2CCC1C2)C(C)(C)C(C)C. The van der Waals surface area contributed by atoms with E-state index in [4.69, 9.17) is 14.2 Å². The summed E-state index contributed by atoms with van der Waals surface area (Å²) in [7, 11) is 3.58. The molecule has 0 aromatic rings. The summed E-state index contributed by atoms with van der Waals surface area (Å²) < 4.78 is 17.7. The van der Waals surface area contributed by atoms with Crippen LogP contribution in [-0.4, -0.2) is 40.1 Å². The molecule has 0 aromatic heterocycles. The Bertz CT molecular complexity index is 345. The molecule has 0 aromatic carbocycles. The lowest BCUT2D eigenvalue weighted by Gasteiger charge is -2.49. The highest BCUT2D eigenvalue weighted by Gasteiger charge is 2.49. The molecule has 3 nitrogen and oxygen atoms in total. The summed E-state index contributed by atoms with van der Waals surface area (Å²) >= 11 is 0. The molecule has 0 spiro atoms. The van der Waals surface area contributed by atoms with Gasteiger partial charge in [0.2, 0.25) is 0 Å². The van der Waals surface area contributed by atoms with Crippen molar-refractivity contribution < 1.29 is 14.2 Å². The number of methoxy groups -OCH3 is 2. The van der Waals surface area contributed by atoms with Gasteiger partial charge in [-0.05, 0) is 48.9 Å². The second-order valence-corrected chi connectivity index (χ2v) is 8.55. The molecule has 3 unspecified atom stereocenters. The number of hydrogen-bond acceptors (Lipinski definition) is 3. The van der Waals surface area contributed by atoms with E-state index >= 15 is 0 Å². The van der Waals surface area contributed by atoms with Crippen molar-refractivity contribution in [3.63, 3.8) is 0 Å². The molecule has 2 aliphatic carbocycles. The molecule has 2 aliphatic rings. The summed E-state index contributed by atoms with van der Waals surface area (Å²) in [6.07, 6.45) is 5.91. The molecule has 2 fully saturated rings. The number of fused-ring (bicyclic) bond motifs is 2. The Morgan fingerprint density at radius 1 is 0.955 bits per heavy atom. The predicted octanol–water partition coefficient (Wildman–Crippen LogP) is 4.15. The van der Waals surface area contributed by atoms with Gasteiger partial charge in [0.15, 0.2) is 0 Å². The molecule has 2 rings (SSSR count). The summed E-state index contributed by atoms with van der Waals surface area (Å²) in [5, 5.41) is 0. The third kappa shape index (κ3) is 3.37. The van der Waals surface area contributed by atoms with Crippen molar-refractivity contribution in [1.29, 1.82) is 0 Å². The third-order valence-corrected chi connectivity index (χ3v) is 6.90. The van der Waals surface area contributed by atoms with Crippen molar-refractivity contribution in [3.8, 4) is 0 Å². The second-order valence-electron chi connectivity index (χ2n) is 8.55. The highest BCUT2D eigenvalue weighted by molar-refractivity contribution is 4.97. The van der Waals surface area contributed by atoms with Crippen molar-refractivity contribution >= 4 is 0 Å². The summed E-state index contributed by atoms with van der Waals surface area (Å²) in [5.74, 6) is 2.27. The average Bonchev–Trinajstić information content (AvgIpc) is 3.07. The van der Waals surface area contributed by atoms with Crippen molar-refractivity contribution in [2.75, 3.05) is 34.0 Å². The van der Waals surface area contributed by atoms with Gasteiger partial charge in [0.05, 0.1) is 25.9 Å². The summed E-state index contributed by atoms with van der Waals surface area (Å²) in [4.78, 5) is 0. The Kier molecular flexibility index (Phi) is 5.95. The Balaban J connectivity index is 2.09. The van der Waals surface area contributed by atoms with E-state index in [-0.39, 0.29) is 10.8 Å². The van der Waals surface area contributed by atoms with Crippen molar-refractivity contribution in [2.24, 2.45) is 28.6 Å². The standard InChI is InChI=1S/C19H36O3/c1-14(2)18(3,4)19(11-20-5,12-21-6)13-22-17-10-15-7-8-16(17)9-15/h14-17H,7-13H2,1-6H3. The predicted molar refractivity (Wildman–Crippen MR) is 90.0 cm³/mol. The van der Waals surface area contributed by atoms with E-state index in [1.54, 1.807) is 14.2 Å². The van der Waals surface area contributed by atoms with Crippen LogP contribution in [0.2, 0.25) is 0 Å². The zero-order valence-corrected chi connectivity index (χ0v) is 15.5. The third-order valence-electron chi connectivity index (χ3n) is 6.90. The molecule has 0 N–H and O–H groups in total. The Labute approximate surface area is 137 Å². The Morgan fingerprint density at radius 3 is 2.00 bits per heavy atom. The molecule has 3 atom stereocenters. The van der Waals surface area contributed by atoms with Crippen molar-refractivity contribution in [3.05, 3.63) is 0 Å². The van der Waals surface area contributed by atoms with Gasteiger partial charge in [-0.2, -0.15) is 0 Å². The quantitative estimate of drug-likeness (QED) is 0.640. The molecular weight excluding hydrogens is 276 g/mol. The molecule has 3 heteroatoms. The van der Waals surface area contributed by atoms with E-state index in [1.807, 2.05) is 0 Å². The van der Waals surface area contributed by atoms with Crippen LogP contribution in [0.5, 0.6) is 0 Å². The fourth-order valence-electron chi connectivity index (χ4n) is 4.51. The van der Waals surface area contributed by atoms with E-state index in [0.717, 1.165) is 18.4 Å². The van der Waals surface area contributed by atoms with Gasteiger partial charge < -0.3 is 14.2 Å². The topological polar surface area (TPSA) is 27.7 Å². The molecule has 0 amide bonds. The largest absolute Gasteiger partial charge is 0.384 e. The molecule has 22 heavy (non-hydrogen) atoms. The van der Waals surface area contributed by atoms with Crippen LogP contribution in [0, 0.1) is 28.6 Å². The van der Waals surface area contributed by atoms with Crippen LogP contribution in [0.25, 0.3) is 0 Å². The molecular formula is C19H36O3. The Morgan fingerprint density at radius 2 is 1.59 bits per heavy atom. The minimum absolute atomic E-state index is 0.0908. The van der Waals surface area contributed by atoms with Crippen molar-refractivity contribution in [1.82, 2.24) is 0 Å². The lowest BCUT2D eigenvalue weighted by atomic mass is 9.61.